The van der Waals surface area contributed by atoms with Crippen molar-refractivity contribution in [2.75, 3.05) is 13.1 Å². The van der Waals surface area contributed by atoms with Gasteiger partial charge in [0.05, 0.1) is 12.3 Å². The highest BCUT2D eigenvalue weighted by molar-refractivity contribution is 4.84. The molecule has 0 aromatic rings. The van der Waals surface area contributed by atoms with Gasteiger partial charge in [-0.3, -0.25) is 0 Å². The predicted octanol–water partition coefficient (Wildman–Crippen LogP) is 3.81. The molecule has 0 aromatic carbocycles. The molecule has 130 valence electrons. The predicted molar refractivity (Wildman–Crippen MR) is 93.9 cm³/mol. The fraction of sp³-hybridized carbons (Fsp3) is 1.00. The van der Waals surface area contributed by atoms with Crippen LogP contribution in [0.4, 0.5) is 0 Å². The Morgan fingerprint density at radius 2 is 1.09 bits per heavy atom. The maximum atomic E-state index is 9.43. The number of aliphatic hydroxyl groups excluding tert-OH is 1. The van der Waals surface area contributed by atoms with Gasteiger partial charge in [-0.2, -0.15) is 0 Å². The van der Waals surface area contributed by atoms with Gasteiger partial charge in [0.1, 0.15) is 0 Å². The minimum Gasteiger partial charge on any atom is -0.393 e. The molecule has 0 unspecified atom stereocenters. The van der Waals surface area contributed by atoms with E-state index in [9.17, 15) is 5.11 Å². The third-order valence-electron chi connectivity index (χ3n) is 5.59. The standard InChI is InChI=1S/C11H22N2O.2C4H8/c1-8-6-12-11(13-7-8)9-2-4-10(14)5-3-9;2*1-2-4-3-1/h8-14H,2-7H2,1H3;2*1-4H2. The summed E-state index contributed by atoms with van der Waals surface area (Å²) >= 11 is 0. The second-order valence-corrected chi connectivity index (χ2v) is 7.80. The van der Waals surface area contributed by atoms with Crippen molar-refractivity contribution in [2.45, 2.75) is 96.2 Å². The second kappa shape index (κ2) is 10.6. The highest BCUT2D eigenvalue weighted by Gasteiger charge is 2.28. The van der Waals surface area contributed by atoms with Crippen LogP contribution in [0.1, 0.15) is 84.0 Å². The highest BCUT2D eigenvalue weighted by atomic mass is 16.3. The van der Waals surface area contributed by atoms with Crippen LogP contribution in [0.2, 0.25) is 0 Å². The second-order valence-electron chi connectivity index (χ2n) is 7.80. The largest absolute Gasteiger partial charge is 0.393 e. The van der Waals surface area contributed by atoms with Crippen LogP contribution in [-0.4, -0.2) is 30.5 Å². The van der Waals surface area contributed by atoms with E-state index in [2.05, 4.69) is 17.6 Å². The number of aliphatic hydroxyl groups is 1. The maximum absolute atomic E-state index is 9.43. The maximum Gasteiger partial charge on any atom is 0.0600 e. The average molecular weight is 311 g/mol. The quantitative estimate of drug-likeness (QED) is 0.690. The van der Waals surface area contributed by atoms with Gasteiger partial charge in [0.15, 0.2) is 0 Å². The lowest BCUT2D eigenvalue weighted by molar-refractivity contribution is 0.0859. The molecule has 1 aliphatic heterocycles. The van der Waals surface area contributed by atoms with E-state index in [0.29, 0.717) is 6.17 Å². The van der Waals surface area contributed by atoms with Crippen molar-refractivity contribution in [2.24, 2.45) is 11.8 Å². The molecule has 22 heavy (non-hydrogen) atoms. The van der Waals surface area contributed by atoms with Crippen molar-refractivity contribution >= 4 is 0 Å². The summed E-state index contributed by atoms with van der Waals surface area (Å²) in [5, 5.41) is 16.5. The van der Waals surface area contributed by atoms with Crippen molar-refractivity contribution < 1.29 is 5.11 Å². The zero-order valence-corrected chi connectivity index (χ0v) is 14.7. The van der Waals surface area contributed by atoms with Gasteiger partial charge in [0.25, 0.3) is 0 Å². The number of nitrogens with one attached hydrogen (secondary N) is 2. The molecule has 4 rings (SSSR count). The van der Waals surface area contributed by atoms with Gasteiger partial charge in [-0.1, -0.05) is 58.3 Å². The first-order valence-electron chi connectivity index (χ1n) is 9.90. The molecule has 1 saturated heterocycles. The Hall–Kier alpha value is -0.120. The molecule has 0 bridgehead atoms. The Morgan fingerprint density at radius 1 is 0.682 bits per heavy atom. The minimum atomic E-state index is -0.0336. The summed E-state index contributed by atoms with van der Waals surface area (Å²) in [6, 6.07) is 0. The van der Waals surface area contributed by atoms with Crippen molar-refractivity contribution in [3.63, 3.8) is 0 Å². The molecule has 3 N–H and O–H groups in total. The van der Waals surface area contributed by atoms with Crippen molar-refractivity contribution in [3.05, 3.63) is 0 Å². The van der Waals surface area contributed by atoms with E-state index in [1.54, 1.807) is 0 Å². The monoisotopic (exact) mass is 310 g/mol. The molecule has 1 heterocycles. The number of hydrogen-bond acceptors (Lipinski definition) is 3. The fourth-order valence-corrected chi connectivity index (χ4v) is 3.07. The van der Waals surface area contributed by atoms with Crippen LogP contribution in [0.25, 0.3) is 0 Å². The lowest BCUT2D eigenvalue weighted by Crippen LogP contribution is -2.56. The first kappa shape index (κ1) is 18.2. The molecule has 4 fully saturated rings. The average Bonchev–Trinajstić information content (AvgIpc) is 2.37. The van der Waals surface area contributed by atoms with E-state index in [1.807, 2.05) is 0 Å². The molecule has 0 atom stereocenters. The summed E-state index contributed by atoms with van der Waals surface area (Å²) in [5.74, 6) is 1.48. The third kappa shape index (κ3) is 6.97. The SMILES string of the molecule is C1CCC1.C1CCC1.CC1CNC(C2CCC(O)CC2)NC1. The van der Waals surface area contributed by atoms with E-state index >= 15 is 0 Å². The minimum absolute atomic E-state index is 0.0336. The molecule has 0 radical (unpaired) electrons. The number of rotatable bonds is 1. The van der Waals surface area contributed by atoms with Crippen molar-refractivity contribution in [1.29, 1.82) is 0 Å². The van der Waals surface area contributed by atoms with Crippen LogP contribution in [0, 0.1) is 11.8 Å². The summed E-state index contributed by atoms with van der Waals surface area (Å²) < 4.78 is 0. The smallest absolute Gasteiger partial charge is 0.0600 e. The molecule has 0 amide bonds. The van der Waals surface area contributed by atoms with Gasteiger partial charge in [0.2, 0.25) is 0 Å². The van der Waals surface area contributed by atoms with Crippen LogP contribution in [0.5, 0.6) is 0 Å². The summed E-state index contributed by atoms with van der Waals surface area (Å²) in [7, 11) is 0. The van der Waals surface area contributed by atoms with E-state index in [-0.39, 0.29) is 6.10 Å². The summed E-state index contributed by atoms with van der Waals surface area (Å²) in [6.45, 7) is 4.54. The van der Waals surface area contributed by atoms with Crippen molar-refractivity contribution in [1.82, 2.24) is 10.6 Å². The highest BCUT2D eigenvalue weighted by Crippen LogP contribution is 2.26. The Morgan fingerprint density at radius 3 is 1.45 bits per heavy atom. The molecule has 3 nitrogen and oxygen atoms in total. The Kier molecular flexibility index (Phi) is 8.79. The van der Waals surface area contributed by atoms with Gasteiger partial charge in [-0.15, -0.1) is 0 Å². The fourth-order valence-electron chi connectivity index (χ4n) is 3.07. The first-order valence-corrected chi connectivity index (χ1v) is 9.90. The lowest BCUT2D eigenvalue weighted by Gasteiger charge is -2.37. The van der Waals surface area contributed by atoms with Crippen LogP contribution >= 0.6 is 0 Å². The van der Waals surface area contributed by atoms with Gasteiger partial charge in [0, 0.05) is 13.1 Å². The Bertz CT molecular complexity index is 225. The van der Waals surface area contributed by atoms with E-state index < -0.39 is 0 Å². The van der Waals surface area contributed by atoms with Gasteiger partial charge in [-0.05, 0) is 37.5 Å². The normalized spacial score (nSPS) is 37.4. The lowest BCUT2D eigenvalue weighted by atomic mass is 9.84. The zero-order chi connectivity index (χ0) is 15.6. The molecule has 0 aromatic heterocycles. The van der Waals surface area contributed by atoms with Crippen LogP contribution in [0.15, 0.2) is 0 Å². The van der Waals surface area contributed by atoms with E-state index in [0.717, 1.165) is 37.8 Å². The molecule has 3 heteroatoms. The molecular weight excluding hydrogens is 272 g/mol. The molecule has 3 aliphatic carbocycles. The molecule has 4 aliphatic rings. The molecule has 3 saturated carbocycles. The molecule has 0 spiro atoms. The summed E-state index contributed by atoms with van der Waals surface area (Å²) in [5.41, 5.74) is 0. The summed E-state index contributed by atoms with van der Waals surface area (Å²) in [4.78, 5) is 0. The van der Waals surface area contributed by atoms with Crippen LogP contribution in [-0.2, 0) is 0 Å². The third-order valence-corrected chi connectivity index (χ3v) is 5.59. The Labute approximate surface area is 137 Å². The number of hydrogen-bond donors (Lipinski definition) is 3. The first-order chi connectivity index (χ1) is 10.8. The Balaban J connectivity index is 0.000000178. The molecular formula is C19H38N2O. The van der Waals surface area contributed by atoms with Gasteiger partial charge in [-0.25, -0.2) is 0 Å². The van der Waals surface area contributed by atoms with Crippen LogP contribution in [0.3, 0.4) is 0 Å². The van der Waals surface area contributed by atoms with Crippen LogP contribution < -0.4 is 10.6 Å². The van der Waals surface area contributed by atoms with E-state index in [4.69, 9.17) is 0 Å². The summed E-state index contributed by atoms with van der Waals surface area (Å²) in [6.07, 6.45) is 16.8. The van der Waals surface area contributed by atoms with Crippen molar-refractivity contribution in [3.8, 4) is 0 Å². The van der Waals surface area contributed by atoms with E-state index in [1.165, 1.54) is 64.2 Å². The zero-order valence-electron chi connectivity index (χ0n) is 14.7. The van der Waals surface area contributed by atoms with Gasteiger partial charge < -0.3 is 15.7 Å². The van der Waals surface area contributed by atoms with Gasteiger partial charge >= 0.3 is 0 Å². The topological polar surface area (TPSA) is 44.3 Å².